The van der Waals surface area contributed by atoms with Gasteiger partial charge in [0.05, 0.1) is 23.1 Å². The van der Waals surface area contributed by atoms with E-state index in [1.165, 1.54) is 22.2 Å². The summed E-state index contributed by atoms with van der Waals surface area (Å²) in [6.07, 6.45) is 1.48. The minimum atomic E-state index is -0.131. The van der Waals surface area contributed by atoms with Crippen LogP contribution in [0.1, 0.15) is 26.4 Å². The highest BCUT2D eigenvalue weighted by Gasteiger charge is 2.21. The van der Waals surface area contributed by atoms with Gasteiger partial charge < -0.3 is 14.2 Å². The Balaban J connectivity index is 1.72. The van der Waals surface area contributed by atoms with Crippen molar-refractivity contribution in [3.63, 3.8) is 0 Å². The van der Waals surface area contributed by atoms with Crippen LogP contribution in [-0.2, 0) is 7.05 Å². The highest BCUT2D eigenvalue weighted by atomic mass is 32.1. The summed E-state index contributed by atoms with van der Waals surface area (Å²) < 4.78 is 7.22. The number of nitrogens with zero attached hydrogens (tertiary/aromatic N) is 3. The monoisotopic (exact) mass is 385 g/mol. The minimum Gasteiger partial charge on any atom is -0.492 e. The number of aryl methyl sites for hydroxylation is 4. The number of hydrogen-bond acceptors (Lipinski definition) is 5. The lowest BCUT2D eigenvalue weighted by molar-refractivity contribution is 0.0778. The van der Waals surface area contributed by atoms with Crippen molar-refractivity contribution in [3.05, 3.63) is 56.4 Å². The number of amides is 1. The van der Waals surface area contributed by atoms with Crippen molar-refractivity contribution in [1.29, 1.82) is 0 Å². The number of rotatable bonds is 5. The Hall–Kier alpha value is -2.67. The molecule has 142 valence electrons. The Bertz CT molecular complexity index is 1050. The number of aromatic nitrogens is 2. The number of hydrogen-bond donors (Lipinski definition) is 0. The molecule has 2 aromatic heterocycles. The van der Waals surface area contributed by atoms with Crippen LogP contribution in [0.25, 0.3) is 10.2 Å². The van der Waals surface area contributed by atoms with Crippen molar-refractivity contribution in [2.45, 2.75) is 20.8 Å². The summed E-state index contributed by atoms with van der Waals surface area (Å²) in [4.78, 5) is 32.2. The average molecular weight is 385 g/mol. The molecular formula is C20H23N3O3S. The Labute approximate surface area is 162 Å². The van der Waals surface area contributed by atoms with Gasteiger partial charge in [0.25, 0.3) is 11.5 Å². The van der Waals surface area contributed by atoms with Gasteiger partial charge in [-0.2, -0.15) is 0 Å². The van der Waals surface area contributed by atoms with Gasteiger partial charge in [0.2, 0.25) is 0 Å². The van der Waals surface area contributed by atoms with E-state index in [4.69, 9.17) is 4.74 Å². The second-order valence-electron chi connectivity index (χ2n) is 6.80. The molecular weight excluding hydrogens is 362 g/mol. The first-order valence-corrected chi connectivity index (χ1v) is 9.51. The molecule has 0 aliphatic carbocycles. The normalized spacial score (nSPS) is 11.0. The van der Waals surface area contributed by atoms with E-state index in [0.717, 1.165) is 16.9 Å². The number of benzene rings is 1. The molecule has 0 radical (unpaired) electrons. The second kappa shape index (κ2) is 7.52. The van der Waals surface area contributed by atoms with E-state index < -0.39 is 0 Å². The number of carbonyl (C=O) groups excluding carboxylic acids is 1. The topological polar surface area (TPSA) is 64.4 Å². The fraction of sp³-hybridized carbons (Fsp3) is 0.350. The van der Waals surface area contributed by atoms with Gasteiger partial charge in [-0.15, -0.1) is 11.3 Å². The third-order valence-corrected chi connectivity index (χ3v) is 5.63. The van der Waals surface area contributed by atoms with E-state index in [2.05, 4.69) is 11.1 Å². The average Bonchev–Trinajstić information content (AvgIpc) is 2.94. The second-order valence-corrected chi connectivity index (χ2v) is 7.79. The zero-order valence-corrected chi connectivity index (χ0v) is 17.0. The zero-order chi connectivity index (χ0) is 19.7. The maximum absolute atomic E-state index is 12.8. The molecule has 0 unspecified atom stereocenters. The van der Waals surface area contributed by atoms with Crippen LogP contribution in [0.4, 0.5) is 0 Å². The molecule has 0 N–H and O–H groups in total. The molecule has 6 nitrogen and oxygen atoms in total. The molecule has 0 fully saturated rings. The Morgan fingerprint density at radius 3 is 2.56 bits per heavy atom. The van der Waals surface area contributed by atoms with Gasteiger partial charge >= 0.3 is 0 Å². The number of ether oxygens (including phenoxy) is 1. The molecule has 0 saturated heterocycles. The van der Waals surface area contributed by atoms with Crippen molar-refractivity contribution in [3.8, 4) is 5.75 Å². The van der Waals surface area contributed by atoms with Crippen LogP contribution < -0.4 is 10.3 Å². The van der Waals surface area contributed by atoms with E-state index in [-0.39, 0.29) is 11.5 Å². The predicted octanol–water partition coefficient (Wildman–Crippen LogP) is 3.07. The van der Waals surface area contributed by atoms with Crippen molar-refractivity contribution in [1.82, 2.24) is 14.5 Å². The fourth-order valence-corrected chi connectivity index (χ4v) is 4.14. The van der Waals surface area contributed by atoms with Crippen LogP contribution in [0.5, 0.6) is 5.75 Å². The molecule has 0 atom stereocenters. The first-order chi connectivity index (χ1) is 12.8. The molecule has 0 aliphatic rings. The van der Waals surface area contributed by atoms with Crippen LogP contribution in [0.15, 0.2) is 29.3 Å². The van der Waals surface area contributed by atoms with E-state index in [1.807, 2.05) is 26.0 Å². The van der Waals surface area contributed by atoms with Gasteiger partial charge in [0, 0.05) is 14.1 Å². The number of likely N-dealkylation sites (N-methyl/N-ethyl adjacent to an activating group) is 1. The smallest absolute Gasteiger partial charge is 0.264 e. The Morgan fingerprint density at radius 1 is 1.22 bits per heavy atom. The summed E-state index contributed by atoms with van der Waals surface area (Å²) in [7, 11) is 3.40. The summed E-state index contributed by atoms with van der Waals surface area (Å²) in [5.74, 6) is 0.681. The van der Waals surface area contributed by atoms with Crippen LogP contribution in [0.3, 0.4) is 0 Å². The van der Waals surface area contributed by atoms with E-state index in [9.17, 15) is 9.59 Å². The zero-order valence-electron chi connectivity index (χ0n) is 16.2. The highest BCUT2D eigenvalue weighted by molar-refractivity contribution is 7.20. The standard InChI is InChI=1S/C20H23N3O3S/c1-12-8-13(2)10-15(9-12)26-7-6-22(4)20(25)17-14(3)16-18(27-17)21-11-23(5)19(16)24/h8-11H,6-7H2,1-5H3. The number of carbonyl (C=O) groups is 1. The first-order valence-electron chi connectivity index (χ1n) is 8.69. The largest absolute Gasteiger partial charge is 0.492 e. The predicted molar refractivity (Wildman–Crippen MR) is 108 cm³/mol. The molecule has 0 bridgehead atoms. The number of fused-ring (bicyclic) bond motifs is 1. The van der Waals surface area contributed by atoms with Crippen molar-refractivity contribution in [2.75, 3.05) is 20.2 Å². The summed E-state index contributed by atoms with van der Waals surface area (Å²) in [5.41, 5.74) is 2.85. The van der Waals surface area contributed by atoms with Crippen molar-refractivity contribution >= 4 is 27.5 Å². The lowest BCUT2D eigenvalue weighted by atomic mass is 10.1. The van der Waals surface area contributed by atoms with Crippen LogP contribution in [-0.4, -0.2) is 40.6 Å². The van der Waals surface area contributed by atoms with Crippen LogP contribution in [0.2, 0.25) is 0 Å². The Morgan fingerprint density at radius 2 is 1.89 bits per heavy atom. The van der Waals surface area contributed by atoms with E-state index in [1.54, 1.807) is 25.9 Å². The molecule has 1 aromatic carbocycles. The maximum Gasteiger partial charge on any atom is 0.264 e. The van der Waals surface area contributed by atoms with Gasteiger partial charge in [0.1, 0.15) is 17.2 Å². The molecule has 0 saturated carbocycles. The van der Waals surface area contributed by atoms with Gasteiger partial charge in [0.15, 0.2) is 0 Å². The van der Waals surface area contributed by atoms with E-state index >= 15 is 0 Å². The summed E-state index contributed by atoms with van der Waals surface area (Å²) in [6.45, 7) is 6.70. The third kappa shape index (κ3) is 3.88. The van der Waals surface area contributed by atoms with Crippen LogP contribution >= 0.6 is 11.3 Å². The SMILES string of the molecule is Cc1cc(C)cc(OCCN(C)C(=O)c2sc3ncn(C)c(=O)c3c2C)c1. The summed E-state index contributed by atoms with van der Waals surface area (Å²) in [5, 5.41) is 0.522. The molecule has 7 heteroatoms. The third-order valence-electron chi connectivity index (χ3n) is 4.44. The summed E-state index contributed by atoms with van der Waals surface area (Å²) in [6, 6.07) is 6.05. The quantitative estimate of drug-likeness (QED) is 0.677. The van der Waals surface area contributed by atoms with Crippen LogP contribution in [0, 0.1) is 20.8 Å². The van der Waals surface area contributed by atoms with Gasteiger partial charge in [-0.25, -0.2) is 4.98 Å². The molecule has 2 heterocycles. The lowest BCUT2D eigenvalue weighted by Gasteiger charge is -2.17. The molecule has 3 rings (SSSR count). The highest BCUT2D eigenvalue weighted by Crippen LogP contribution is 2.27. The van der Waals surface area contributed by atoms with Crippen molar-refractivity contribution in [2.24, 2.45) is 7.05 Å². The van der Waals surface area contributed by atoms with Gasteiger partial charge in [-0.3, -0.25) is 9.59 Å². The number of thiophene rings is 1. The van der Waals surface area contributed by atoms with E-state index in [0.29, 0.717) is 33.8 Å². The summed E-state index contributed by atoms with van der Waals surface area (Å²) >= 11 is 1.26. The molecule has 3 aromatic rings. The molecule has 0 aliphatic heterocycles. The molecule has 0 spiro atoms. The Kier molecular flexibility index (Phi) is 5.32. The fourth-order valence-electron chi connectivity index (χ4n) is 3.00. The van der Waals surface area contributed by atoms with Gasteiger partial charge in [-0.1, -0.05) is 6.07 Å². The lowest BCUT2D eigenvalue weighted by Crippen LogP contribution is -2.30. The van der Waals surface area contributed by atoms with Gasteiger partial charge in [-0.05, 0) is 49.6 Å². The molecule has 1 amide bonds. The molecule has 27 heavy (non-hydrogen) atoms. The minimum absolute atomic E-state index is 0.124. The maximum atomic E-state index is 12.8. The first kappa shape index (κ1) is 19.1. The van der Waals surface area contributed by atoms with Crippen molar-refractivity contribution < 1.29 is 9.53 Å².